The van der Waals surface area contributed by atoms with E-state index < -0.39 is 0 Å². The van der Waals surface area contributed by atoms with Crippen molar-refractivity contribution in [2.24, 2.45) is 0 Å². The fourth-order valence-electron chi connectivity index (χ4n) is 0.167. The van der Waals surface area contributed by atoms with Crippen molar-refractivity contribution in [2.75, 3.05) is 12.4 Å². The second-order valence-corrected chi connectivity index (χ2v) is 1.86. The lowest BCUT2D eigenvalue weighted by Gasteiger charge is -1.89. The van der Waals surface area contributed by atoms with Crippen molar-refractivity contribution in [1.82, 2.24) is 0 Å². The van der Waals surface area contributed by atoms with Gasteiger partial charge in [-0.15, -0.1) is 0 Å². The molecule has 0 fully saturated rings. The lowest BCUT2D eigenvalue weighted by molar-refractivity contribution is 0.402. The number of rotatable bonds is 3. The molecule has 0 saturated heterocycles. The van der Waals surface area contributed by atoms with Gasteiger partial charge < -0.3 is 4.18 Å². The molecule has 0 amide bonds. The Kier molecular flexibility index (Phi) is 5.58. The molecule has 38 valence electrons. The summed E-state index contributed by atoms with van der Waals surface area (Å²) in [5.41, 5.74) is 0. The van der Waals surface area contributed by atoms with Gasteiger partial charge in [-0.05, 0) is 19.0 Å². The van der Waals surface area contributed by atoms with Crippen LogP contribution < -0.4 is 0 Å². The van der Waals surface area contributed by atoms with Crippen molar-refractivity contribution in [2.45, 2.75) is 13.8 Å². The lowest BCUT2D eigenvalue weighted by Crippen LogP contribution is -1.75. The molecule has 0 bridgehead atoms. The minimum absolute atomic E-state index is 0.818. The van der Waals surface area contributed by atoms with Crippen LogP contribution in [-0.4, -0.2) is 12.4 Å². The smallest absolute Gasteiger partial charge is 0.0585 e. The average Bonchev–Trinajstić information content (AvgIpc) is 1.61. The van der Waals surface area contributed by atoms with Gasteiger partial charge in [0.1, 0.15) is 0 Å². The van der Waals surface area contributed by atoms with Gasteiger partial charge in [-0.25, -0.2) is 0 Å². The fraction of sp³-hybridized carbons (Fsp3) is 1.00. The highest BCUT2D eigenvalue weighted by molar-refractivity contribution is 7.94. The number of hydrogen-bond donors (Lipinski definition) is 0. The molecule has 0 atom stereocenters. The van der Waals surface area contributed by atoms with Gasteiger partial charge in [-0.2, -0.15) is 0 Å². The minimum atomic E-state index is 0.818. The standard InChI is InChI=1S/C4H10OS/c1-3-5-6-4-2/h3-4H2,1-2H3. The maximum Gasteiger partial charge on any atom is 0.0585 e. The van der Waals surface area contributed by atoms with E-state index in [0.717, 1.165) is 12.4 Å². The van der Waals surface area contributed by atoms with Crippen molar-refractivity contribution in [3.05, 3.63) is 0 Å². The molecule has 0 aliphatic rings. The Morgan fingerprint density at radius 3 is 2.33 bits per heavy atom. The van der Waals surface area contributed by atoms with Crippen LogP contribution >= 0.6 is 12.0 Å². The van der Waals surface area contributed by atoms with E-state index in [4.69, 9.17) is 4.18 Å². The molecule has 1 nitrogen and oxygen atoms in total. The van der Waals surface area contributed by atoms with Crippen LogP contribution in [0.3, 0.4) is 0 Å². The Morgan fingerprint density at radius 2 is 2.17 bits per heavy atom. The summed E-state index contributed by atoms with van der Waals surface area (Å²) >= 11 is 1.51. The molecule has 6 heavy (non-hydrogen) atoms. The first-order valence-electron chi connectivity index (χ1n) is 2.16. The van der Waals surface area contributed by atoms with Gasteiger partial charge in [0.15, 0.2) is 0 Å². The van der Waals surface area contributed by atoms with E-state index >= 15 is 0 Å². The SMILES string of the molecule is CCOSCC. The first-order chi connectivity index (χ1) is 2.91. The van der Waals surface area contributed by atoms with Gasteiger partial charge in [0.05, 0.1) is 6.61 Å². The molecule has 0 unspecified atom stereocenters. The Labute approximate surface area is 43.3 Å². The van der Waals surface area contributed by atoms with E-state index in [2.05, 4.69) is 6.92 Å². The van der Waals surface area contributed by atoms with E-state index in [0.29, 0.717) is 0 Å². The molecular weight excluding hydrogens is 96.1 g/mol. The van der Waals surface area contributed by atoms with E-state index in [1.165, 1.54) is 12.0 Å². The summed E-state index contributed by atoms with van der Waals surface area (Å²) in [6.07, 6.45) is 0. The van der Waals surface area contributed by atoms with E-state index in [1.807, 2.05) is 6.92 Å². The summed E-state index contributed by atoms with van der Waals surface area (Å²) < 4.78 is 4.90. The Bertz CT molecular complexity index is 19.5. The van der Waals surface area contributed by atoms with Crippen molar-refractivity contribution in [1.29, 1.82) is 0 Å². The quantitative estimate of drug-likeness (QED) is 0.400. The van der Waals surface area contributed by atoms with E-state index in [9.17, 15) is 0 Å². The third-order valence-corrected chi connectivity index (χ3v) is 0.957. The second kappa shape index (κ2) is 5.31. The molecule has 0 spiro atoms. The normalized spacial score (nSPS) is 9.00. The third-order valence-electron chi connectivity index (χ3n) is 0.319. The minimum Gasteiger partial charge on any atom is -0.316 e. The summed E-state index contributed by atoms with van der Waals surface area (Å²) in [6.45, 7) is 4.88. The molecule has 0 aliphatic carbocycles. The maximum absolute atomic E-state index is 4.90. The molecule has 0 radical (unpaired) electrons. The van der Waals surface area contributed by atoms with Crippen molar-refractivity contribution < 1.29 is 4.18 Å². The van der Waals surface area contributed by atoms with Crippen LogP contribution in [-0.2, 0) is 4.18 Å². The van der Waals surface area contributed by atoms with Crippen LogP contribution in [0.25, 0.3) is 0 Å². The van der Waals surface area contributed by atoms with Gasteiger partial charge in [-0.3, -0.25) is 0 Å². The zero-order valence-corrected chi connectivity index (χ0v) is 5.05. The molecule has 0 saturated carbocycles. The summed E-state index contributed by atoms with van der Waals surface area (Å²) in [4.78, 5) is 0. The second-order valence-electron chi connectivity index (χ2n) is 0.813. The van der Waals surface area contributed by atoms with Crippen LogP contribution in [0.5, 0.6) is 0 Å². The highest BCUT2D eigenvalue weighted by Crippen LogP contribution is 1.97. The Balaban J connectivity index is 2.34. The molecule has 0 aromatic rings. The Morgan fingerprint density at radius 1 is 1.50 bits per heavy atom. The predicted molar refractivity (Wildman–Crippen MR) is 29.8 cm³/mol. The molecule has 0 aliphatic heterocycles. The monoisotopic (exact) mass is 106 g/mol. The zero-order chi connectivity index (χ0) is 4.83. The Hall–Kier alpha value is 0.310. The topological polar surface area (TPSA) is 9.23 Å². The summed E-state index contributed by atoms with van der Waals surface area (Å²) in [5.74, 6) is 1.05. The van der Waals surface area contributed by atoms with Gasteiger partial charge in [0.2, 0.25) is 0 Å². The van der Waals surface area contributed by atoms with Crippen LogP contribution in [0.1, 0.15) is 13.8 Å². The molecule has 0 aromatic heterocycles. The molecule has 0 aromatic carbocycles. The molecule has 0 rings (SSSR count). The van der Waals surface area contributed by atoms with E-state index in [-0.39, 0.29) is 0 Å². The highest BCUT2D eigenvalue weighted by Gasteiger charge is 1.73. The summed E-state index contributed by atoms with van der Waals surface area (Å²) in [5, 5.41) is 0. The summed E-state index contributed by atoms with van der Waals surface area (Å²) in [7, 11) is 0. The van der Waals surface area contributed by atoms with Crippen LogP contribution in [0.2, 0.25) is 0 Å². The third kappa shape index (κ3) is 4.31. The summed E-state index contributed by atoms with van der Waals surface area (Å²) in [6, 6.07) is 0. The highest BCUT2D eigenvalue weighted by atomic mass is 32.2. The van der Waals surface area contributed by atoms with Gasteiger partial charge >= 0.3 is 0 Å². The molecule has 0 N–H and O–H groups in total. The van der Waals surface area contributed by atoms with Crippen LogP contribution in [0, 0.1) is 0 Å². The van der Waals surface area contributed by atoms with Gasteiger partial charge in [0, 0.05) is 5.75 Å². The lowest BCUT2D eigenvalue weighted by atomic mass is 10.9. The fourth-order valence-corrected chi connectivity index (χ4v) is 0.500. The average molecular weight is 106 g/mol. The van der Waals surface area contributed by atoms with Crippen molar-refractivity contribution in [3.8, 4) is 0 Å². The van der Waals surface area contributed by atoms with Crippen LogP contribution in [0.4, 0.5) is 0 Å². The van der Waals surface area contributed by atoms with Gasteiger partial charge in [-0.1, -0.05) is 6.92 Å². The zero-order valence-electron chi connectivity index (χ0n) is 4.23. The van der Waals surface area contributed by atoms with Crippen molar-refractivity contribution >= 4 is 12.0 Å². The molecule has 2 heteroatoms. The molecule has 0 heterocycles. The first-order valence-corrected chi connectivity index (χ1v) is 3.07. The maximum atomic E-state index is 4.90. The van der Waals surface area contributed by atoms with E-state index in [1.54, 1.807) is 0 Å². The van der Waals surface area contributed by atoms with Crippen LogP contribution in [0.15, 0.2) is 0 Å². The van der Waals surface area contributed by atoms with Gasteiger partial charge in [0.25, 0.3) is 0 Å². The predicted octanol–water partition coefficient (Wildman–Crippen LogP) is 1.69. The first kappa shape index (κ1) is 6.31. The number of hydrogen-bond acceptors (Lipinski definition) is 2. The largest absolute Gasteiger partial charge is 0.316 e. The molecular formula is C4H10OS. The van der Waals surface area contributed by atoms with Crippen molar-refractivity contribution in [3.63, 3.8) is 0 Å².